The smallest absolute Gasteiger partial charge is 0.200 e. The van der Waals surface area contributed by atoms with Crippen LogP contribution in [0.3, 0.4) is 0 Å². The van der Waals surface area contributed by atoms with Gasteiger partial charge in [-0.3, -0.25) is 4.79 Å². The van der Waals surface area contributed by atoms with E-state index in [1.165, 1.54) is 0 Å². The van der Waals surface area contributed by atoms with E-state index < -0.39 is 41.1 Å². The fourth-order valence-corrected chi connectivity index (χ4v) is 2.83. The van der Waals surface area contributed by atoms with Gasteiger partial charge in [-0.2, -0.15) is 0 Å². The molecule has 0 bridgehead atoms. The summed E-state index contributed by atoms with van der Waals surface area (Å²) in [6.45, 7) is 0. The molecule has 0 unspecified atom stereocenters. The Kier molecular flexibility index (Phi) is 5.35. The number of carbonyl (C=O) groups excluding carboxylic acids is 1. The van der Waals surface area contributed by atoms with Gasteiger partial charge in [-0.15, -0.1) is 0 Å². The first kappa shape index (κ1) is 18.8. The molecular formula is C21H13F5O. The molecule has 0 N–H and O–H groups in total. The van der Waals surface area contributed by atoms with Crippen LogP contribution in [0, 0.1) is 29.1 Å². The van der Waals surface area contributed by atoms with Crippen LogP contribution in [0.15, 0.2) is 54.6 Å². The van der Waals surface area contributed by atoms with Gasteiger partial charge in [0, 0.05) is 16.7 Å². The topological polar surface area (TPSA) is 17.1 Å². The largest absolute Gasteiger partial charge is 0.289 e. The maximum absolute atomic E-state index is 13.8. The highest BCUT2D eigenvalue weighted by Gasteiger charge is 2.25. The molecule has 6 heteroatoms. The van der Waals surface area contributed by atoms with Crippen LogP contribution < -0.4 is 0 Å². The number of aryl methyl sites for hydroxylation is 1. The second-order valence-corrected chi connectivity index (χ2v) is 5.90. The minimum absolute atomic E-state index is 0.0624. The van der Waals surface area contributed by atoms with Crippen LogP contribution >= 0.6 is 0 Å². The van der Waals surface area contributed by atoms with Crippen molar-refractivity contribution < 1.29 is 26.7 Å². The molecule has 0 heterocycles. The first-order chi connectivity index (χ1) is 12.9. The molecule has 3 aromatic rings. The van der Waals surface area contributed by atoms with E-state index in [-0.39, 0.29) is 12.2 Å². The number of hydrogen-bond donors (Lipinski definition) is 0. The lowest BCUT2D eigenvalue weighted by Gasteiger charge is -2.11. The van der Waals surface area contributed by atoms with Crippen molar-refractivity contribution in [3.05, 3.63) is 106 Å². The Morgan fingerprint density at radius 2 is 1.15 bits per heavy atom. The van der Waals surface area contributed by atoms with E-state index in [1.54, 1.807) is 54.6 Å². The monoisotopic (exact) mass is 376 g/mol. The molecule has 0 spiro atoms. The van der Waals surface area contributed by atoms with Crippen molar-refractivity contribution in [3.63, 3.8) is 0 Å². The van der Waals surface area contributed by atoms with E-state index in [9.17, 15) is 26.7 Å². The summed E-state index contributed by atoms with van der Waals surface area (Å²) in [5.74, 6) is -10.1. The van der Waals surface area contributed by atoms with Gasteiger partial charge in [0.15, 0.2) is 29.1 Å². The molecule has 0 aliphatic carbocycles. The van der Waals surface area contributed by atoms with Crippen molar-refractivity contribution in [1.82, 2.24) is 0 Å². The number of benzene rings is 3. The van der Waals surface area contributed by atoms with Gasteiger partial charge in [-0.25, -0.2) is 22.0 Å². The number of halogens is 5. The van der Waals surface area contributed by atoms with E-state index in [4.69, 9.17) is 0 Å². The summed E-state index contributed by atoms with van der Waals surface area (Å²) >= 11 is 0. The van der Waals surface area contributed by atoms with Gasteiger partial charge in [-0.1, -0.05) is 54.6 Å². The summed E-state index contributed by atoms with van der Waals surface area (Å²) in [6.07, 6.45) is -0.502. The Balaban J connectivity index is 1.92. The normalized spacial score (nSPS) is 10.9. The fraction of sp³-hybridized carbons (Fsp3) is 0.0952. The zero-order valence-electron chi connectivity index (χ0n) is 13.9. The molecule has 0 aromatic heterocycles. The summed E-state index contributed by atoms with van der Waals surface area (Å²) in [6, 6.07) is 14.8. The number of ketones is 1. The Morgan fingerprint density at radius 3 is 1.78 bits per heavy atom. The van der Waals surface area contributed by atoms with Crippen LogP contribution in [-0.2, 0) is 12.8 Å². The maximum atomic E-state index is 13.8. The number of hydrogen-bond acceptors (Lipinski definition) is 1. The quantitative estimate of drug-likeness (QED) is 0.252. The maximum Gasteiger partial charge on any atom is 0.200 e. The van der Waals surface area contributed by atoms with E-state index in [1.807, 2.05) is 0 Å². The summed E-state index contributed by atoms with van der Waals surface area (Å²) in [5, 5.41) is 0. The first-order valence-corrected chi connectivity index (χ1v) is 8.09. The summed E-state index contributed by atoms with van der Waals surface area (Å²) in [7, 11) is 0. The lowest BCUT2D eigenvalue weighted by atomic mass is 9.94. The van der Waals surface area contributed by atoms with Crippen LogP contribution in [0.4, 0.5) is 22.0 Å². The third kappa shape index (κ3) is 3.60. The lowest BCUT2D eigenvalue weighted by molar-refractivity contribution is 0.103. The zero-order valence-corrected chi connectivity index (χ0v) is 13.9. The van der Waals surface area contributed by atoms with Crippen LogP contribution in [0.2, 0.25) is 0 Å². The molecule has 0 aliphatic heterocycles. The lowest BCUT2D eigenvalue weighted by Crippen LogP contribution is -2.10. The van der Waals surface area contributed by atoms with Gasteiger partial charge < -0.3 is 0 Å². The van der Waals surface area contributed by atoms with Crippen molar-refractivity contribution in [3.8, 4) is 0 Å². The van der Waals surface area contributed by atoms with Crippen molar-refractivity contribution in [2.45, 2.75) is 12.8 Å². The number of rotatable bonds is 5. The standard InChI is InChI=1S/C21H13F5O/c22-16-15(17(23)19(25)20(26)18(16)24)11-10-12-6-4-5-9-14(12)21(27)13-7-2-1-3-8-13/h1-9H,10-11H2. The molecule has 27 heavy (non-hydrogen) atoms. The van der Waals surface area contributed by atoms with Crippen LogP contribution in [0.25, 0.3) is 0 Å². The molecule has 0 saturated carbocycles. The number of carbonyl (C=O) groups is 1. The first-order valence-electron chi connectivity index (χ1n) is 8.09. The molecule has 0 amide bonds. The van der Waals surface area contributed by atoms with Crippen LogP contribution in [0.1, 0.15) is 27.0 Å². The van der Waals surface area contributed by atoms with Crippen molar-refractivity contribution in [1.29, 1.82) is 0 Å². The Bertz CT molecular complexity index is 970. The van der Waals surface area contributed by atoms with Gasteiger partial charge in [0.1, 0.15) is 0 Å². The Labute approximate surface area is 152 Å². The molecule has 0 radical (unpaired) electrons. The zero-order chi connectivity index (χ0) is 19.6. The fourth-order valence-electron chi connectivity index (χ4n) is 2.83. The Morgan fingerprint density at radius 1 is 0.630 bits per heavy atom. The highest BCUT2D eigenvalue weighted by Crippen LogP contribution is 2.25. The van der Waals surface area contributed by atoms with E-state index in [0.717, 1.165) is 0 Å². The van der Waals surface area contributed by atoms with Gasteiger partial charge in [-0.05, 0) is 18.4 Å². The third-order valence-electron chi connectivity index (χ3n) is 4.24. The van der Waals surface area contributed by atoms with E-state index in [2.05, 4.69) is 0 Å². The van der Waals surface area contributed by atoms with Crippen LogP contribution in [-0.4, -0.2) is 5.78 Å². The summed E-state index contributed by atoms with van der Waals surface area (Å²) in [4.78, 5) is 12.6. The highest BCUT2D eigenvalue weighted by molar-refractivity contribution is 6.09. The van der Waals surface area contributed by atoms with Gasteiger partial charge in [0.05, 0.1) is 0 Å². The molecule has 0 fully saturated rings. The van der Waals surface area contributed by atoms with Crippen molar-refractivity contribution in [2.75, 3.05) is 0 Å². The predicted octanol–water partition coefficient (Wildman–Crippen LogP) is 5.40. The summed E-state index contributed by atoms with van der Waals surface area (Å²) < 4.78 is 67.5. The molecule has 0 saturated heterocycles. The SMILES string of the molecule is O=C(c1ccccc1)c1ccccc1CCc1c(F)c(F)c(F)c(F)c1F. The van der Waals surface area contributed by atoms with Gasteiger partial charge in [0.25, 0.3) is 0 Å². The van der Waals surface area contributed by atoms with E-state index in [0.29, 0.717) is 16.7 Å². The summed E-state index contributed by atoms with van der Waals surface area (Å²) in [5.41, 5.74) is 0.303. The highest BCUT2D eigenvalue weighted by atomic mass is 19.2. The molecule has 1 nitrogen and oxygen atoms in total. The molecule has 0 atom stereocenters. The van der Waals surface area contributed by atoms with Crippen LogP contribution in [0.5, 0.6) is 0 Å². The molecule has 138 valence electrons. The molecular weight excluding hydrogens is 363 g/mol. The minimum atomic E-state index is -2.19. The van der Waals surface area contributed by atoms with Gasteiger partial charge >= 0.3 is 0 Å². The average molecular weight is 376 g/mol. The van der Waals surface area contributed by atoms with Gasteiger partial charge in [0.2, 0.25) is 5.82 Å². The molecule has 3 aromatic carbocycles. The van der Waals surface area contributed by atoms with E-state index >= 15 is 0 Å². The average Bonchev–Trinajstić information content (AvgIpc) is 2.71. The van der Waals surface area contributed by atoms with Crippen molar-refractivity contribution in [2.24, 2.45) is 0 Å². The second kappa shape index (κ2) is 7.70. The molecule has 3 rings (SSSR count). The Hall–Kier alpha value is -3.02. The van der Waals surface area contributed by atoms with Crippen molar-refractivity contribution >= 4 is 5.78 Å². The third-order valence-corrected chi connectivity index (χ3v) is 4.24. The second-order valence-electron chi connectivity index (χ2n) is 5.90. The molecule has 0 aliphatic rings. The predicted molar refractivity (Wildman–Crippen MR) is 90.0 cm³/mol. The minimum Gasteiger partial charge on any atom is -0.289 e.